The van der Waals surface area contributed by atoms with E-state index in [-0.39, 0.29) is 5.41 Å². The standard InChI is InChI=1S/C15H16Cl2FN/c1-9-2-3-10(16)12(17)11(9)13(19)14-4-6-15(18,8-14)7-5-14/h2-3,19H,4-8H2,1H3. The molecule has 2 aliphatic rings. The molecule has 2 bridgehead atoms. The molecule has 3 rings (SSSR count). The zero-order valence-electron chi connectivity index (χ0n) is 10.8. The van der Waals surface area contributed by atoms with Gasteiger partial charge in [-0.3, -0.25) is 0 Å². The zero-order valence-corrected chi connectivity index (χ0v) is 12.3. The highest BCUT2D eigenvalue weighted by atomic mass is 35.5. The van der Waals surface area contributed by atoms with Crippen LogP contribution in [0.4, 0.5) is 4.39 Å². The fourth-order valence-electron chi connectivity index (χ4n) is 3.69. The first-order valence-corrected chi connectivity index (χ1v) is 7.35. The average molecular weight is 300 g/mol. The van der Waals surface area contributed by atoms with Crippen LogP contribution >= 0.6 is 23.2 Å². The Balaban J connectivity index is 2.05. The van der Waals surface area contributed by atoms with Gasteiger partial charge in [0, 0.05) is 16.7 Å². The number of hydrogen-bond acceptors (Lipinski definition) is 1. The second-order valence-corrected chi connectivity index (χ2v) is 6.82. The van der Waals surface area contributed by atoms with Crippen molar-refractivity contribution in [3.05, 3.63) is 33.3 Å². The van der Waals surface area contributed by atoms with Gasteiger partial charge in [0.25, 0.3) is 0 Å². The molecule has 1 nitrogen and oxygen atoms in total. The molecule has 0 radical (unpaired) electrons. The summed E-state index contributed by atoms with van der Waals surface area (Å²) >= 11 is 12.3. The third-order valence-electron chi connectivity index (χ3n) is 4.84. The fraction of sp³-hybridized carbons (Fsp3) is 0.533. The van der Waals surface area contributed by atoms with Crippen molar-refractivity contribution in [1.82, 2.24) is 0 Å². The van der Waals surface area contributed by atoms with Gasteiger partial charge in [-0.1, -0.05) is 29.3 Å². The lowest BCUT2D eigenvalue weighted by Crippen LogP contribution is -2.27. The topological polar surface area (TPSA) is 23.9 Å². The summed E-state index contributed by atoms with van der Waals surface area (Å²) in [6.07, 6.45) is 3.13. The highest BCUT2D eigenvalue weighted by Gasteiger charge is 2.57. The fourth-order valence-corrected chi connectivity index (χ4v) is 4.16. The lowest BCUT2D eigenvalue weighted by molar-refractivity contribution is 0.176. The molecule has 0 aromatic heterocycles. The maximum Gasteiger partial charge on any atom is 0.112 e. The summed E-state index contributed by atoms with van der Waals surface area (Å²) in [5, 5.41) is 9.46. The van der Waals surface area contributed by atoms with Gasteiger partial charge >= 0.3 is 0 Å². The molecule has 1 N–H and O–H groups in total. The Morgan fingerprint density at radius 3 is 2.37 bits per heavy atom. The van der Waals surface area contributed by atoms with Crippen LogP contribution in [0.3, 0.4) is 0 Å². The van der Waals surface area contributed by atoms with Crippen molar-refractivity contribution < 1.29 is 4.39 Å². The predicted octanol–water partition coefficient (Wildman–Crippen LogP) is 5.34. The van der Waals surface area contributed by atoms with Gasteiger partial charge in [-0.15, -0.1) is 0 Å². The van der Waals surface area contributed by atoms with E-state index < -0.39 is 5.67 Å². The summed E-state index contributed by atoms with van der Waals surface area (Å²) in [6.45, 7) is 1.93. The molecule has 19 heavy (non-hydrogen) atoms. The number of alkyl halides is 1. The zero-order chi connectivity index (χ0) is 13.8. The van der Waals surface area contributed by atoms with Gasteiger partial charge in [0.2, 0.25) is 0 Å². The maximum absolute atomic E-state index is 14.3. The number of fused-ring (bicyclic) bond motifs is 2. The number of benzene rings is 1. The summed E-state index contributed by atoms with van der Waals surface area (Å²) in [5.41, 5.74) is 0.755. The minimum Gasteiger partial charge on any atom is -0.304 e. The van der Waals surface area contributed by atoms with Crippen molar-refractivity contribution in [2.45, 2.75) is 44.7 Å². The molecule has 1 aromatic carbocycles. The lowest BCUT2D eigenvalue weighted by atomic mass is 9.76. The predicted molar refractivity (Wildman–Crippen MR) is 77.4 cm³/mol. The van der Waals surface area contributed by atoms with Crippen LogP contribution in [0.1, 0.15) is 43.2 Å². The van der Waals surface area contributed by atoms with E-state index >= 15 is 0 Å². The minimum absolute atomic E-state index is 0.326. The molecule has 0 heterocycles. The monoisotopic (exact) mass is 299 g/mol. The van der Waals surface area contributed by atoms with Crippen molar-refractivity contribution >= 4 is 28.9 Å². The van der Waals surface area contributed by atoms with Gasteiger partial charge in [-0.2, -0.15) is 0 Å². The first-order chi connectivity index (χ1) is 8.87. The van der Waals surface area contributed by atoms with Crippen LogP contribution in [0, 0.1) is 17.7 Å². The van der Waals surface area contributed by atoms with E-state index in [9.17, 15) is 4.39 Å². The molecule has 0 spiro atoms. The van der Waals surface area contributed by atoms with Crippen molar-refractivity contribution in [2.24, 2.45) is 5.41 Å². The SMILES string of the molecule is Cc1ccc(Cl)c(Cl)c1C(=N)C12CCC(F)(CC1)C2. The van der Waals surface area contributed by atoms with Crippen LogP contribution in [-0.4, -0.2) is 11.4 Å². The summed E-state index contributed by atoms with van der Waals surface area (Å²) in [6, 6.07) is 3.62. The Morgan fingerprint density at radius 2 is 1.84 bits per heavy atom. The number of aryl methyl sites for hydroxylation is 1. The average Bonchev–Trinajstić information content (AvgIpc) is 2.89. The van der Waals surface area contributed by atoms with Crippen molar-refractivity contribution in [3.63, 3.8) is 0 Å². The summed E-state index contributed by atoms with van der Waals surface area (Å²) in [4.78, 5) is 0. The molecule has 2 saturated carbocycles. The van der Waals surface area contributed by atoms with Crippen LogP contribution in [-0.2, 0) is 0 Å². The first kappa shape index (κ1) is 13.4. The molecule has 4 heteroatoms. The van der Waals surface area contributed by atoms with Gasteiger partial charge < -0.3 is 5.41 Å². The van der Waals surface area contributed by atoms with E-state index in [1.807, 2.05) is 13.0 Å². The molecule has 0 aliphatic heterocycles. The summed E-state index contributed by atoms with van der Waals surface area (Å²) in [5.74, 6) is 0. The molecular weight excluding hydrogens is 284 g/mol. The third kappa shape index (κ3) is 1.92. The Labute approximate surface area is 122 Å². The molecule has 1 aromatic rings. The highest BCUT2D eigenvalue weighted by Crippen LogP contribution is 2.60. The number of nitrogens with one attached hydrogen (secondary N) is 1. The molecule has 2 fully saturated rings. The van der Waals surface area contributed by atoms with Crippen molar-refractivity contribution in [2.75, 3.05) is 0 Å². The van der Waals surface area contributed by atoms with E-state index in [0.29, 0.717) is 40.6 Å². The van der Waals surface area contributed by atoms with E-state index in [4.69, 9.17) is 28.6 Å². The number of hydrogen-bond donors (Lipinski definition) is 1. The van der Waals surface area contributed by atoms with E-state index in [2.05, 4.69) is 0 Å². The van der Waals surface area contributed by atoms with Crippen molar-refractivity contribution in [3.8, 4) is 0 Å². The Morgan fingerprint density at radius 1 is 1.21 bits per heavy atom. The van der Waals surface area contributed by atoms with Crippen LogP contribution in [0.5, 0.6) is 0 Å². The van der Waals surface area contributed by atoms with Gasteiger partial charge in [0.15, 0.2) is 0 Å². The smallest absolute Gasteiger partial charge is 0.112 e. The molecule has 0 amide bonds. The number of halogens is 3. The Bertz CT molecular complexity index is 560. The molecule has 0 atom stereocenters. The Hall–Kier alpha value is -0.600. The lowest BCUT2D eigenvalue weighted by Gasteiger charge is -2.28. The highest BCUT2D eigenvalue weighted by molar-refractivity contribution is 6.44. The van der Waals surface area contributed by atoms with Gasteiger partial charge in [0.05, 0.1) is 10.0 Å². The van der Waals surface area contributed by atoms with E-state index in [1.165, 1.54) is 0 Å². The maximum atomic E-state index is 14.3. The summed E-state index contributed by atoms with van der Waals surface area (Å²) in [7, 11) is 0. The molecule has 2 aliphatic carbocycles. The molecule has 0 unspecified atom stereocenters. The third-order valence-corrected chi connectivity index (χ3v) is 5.65. The van der Waals surface area contributed by atoms with Gasteiger partial charge in [-0.05, 0) is 50.7 Å². The van der Waals surface area contributed by atoms with E-state index in [0.717, 1.165) is 18.4 Å². The van der Waals surface area contributed by atoms with Crippen LogP contribution in [0.25, 0.3) is 0 Å². The van der Waals surface area contributed by atoms with Crippen LogP contribution in [0.15, 0.2) is 12.1 Å². The van der Waals surface area contributed by atoms with Crippen LogP contribution in [0.2, 0.25) is 10.0 Å². The second kappa shape index (κ2) is 4.20. The van der Waals surface area contributed by atoms with E-state index in [1.54, 1.807) is 6.07 Å². The molecule has 0 saturated heterocycles. The van der Waals surface area contributed by atoms with Crippen LogP contribution < -0.4 is 0 Å². The minimum atomic E-state index is -1.05. The second-order valence-electron chi connectivity index (χ2n) is 6.04. The van der Waals surface area contributed by atoms with Crippen molar-refractivity contribution in [1.29, 1.82) is 5.41 Å². The first-order valence-electron chi connectivity index (χ1n) is 6.60. The van der Waals surface area contributed by atoms with Gasteiger partial charge in [-0.25, -0.2) is 4.39 Å². The molecular formula is C15H16Cl2FN. The molecule has 102 valence electrons. The normalized spacial score (nSPS) is 32.8. The largest absolute Gasteiger partial charge is 0.304 e. The quantitative estimate of drug-likeness (QED) is 0.713. The number of rotatable bonds is 2. The Kier molecular flexibility index (Phi) is 2.96. The summed E-state index contributed by atoms with van der Waals surface area (Å²) < 4.78 is 14.3. The van der Waals surface area contributed by atoms with Gasteiger partial charge in [0.1, 0.15) is 5.67 Å².